The minimum atomic E-state index is 0.202. The van der Waals surface area contributed by atoms with Crippen LogP contribution in [0.4, 0.5) is 0 Å². The monoisotopic (exact) mass is 275 g/mol. The molecule has 2 rings (SSSR count). The molecule has 0 saturated heterocycles. The summed E-state index contributed by atoms with van der Waals surface area (Å²) in [6.07, 6.45) is 5.75. The van der Waals surface area contributed by atoms with Gasteiger partial charge in [-0.05, 0) is 49.9 Å². The Kier molecular flexibility index (Phi) is 5.45. The number of hydrogen-bond acceptors (Lipinski definition) is 2. The summed E-state index contributed by atoms with van der Waals surface area (Å²) in [6.45, 7) is 5.28. The number of amides is 1. The first-order chi connectivity index (χ1) is 9.66. The molecule has 1 fully saturated rings. The quantitative estimate of drug-likeness (QED) is 0.837. The molecule has 0 unspecified atom stereocenters. The van der Waals surface area contributed by atoms with Crippen LogP contribution in [0.1, 0.15) is 43.2 Å². The van der Waals surface area contributed by atoms with Gasteiger partial charge in [0.25, 0.3) is 0 Å². The SMILES string of the molecule is Cc1ccc(OCCNC(=O)C2CCCCC2)cc1C. The van der Waals surface area contributed by atoms with Crippen LogP contribution in [0.25, 0.3) is 0 Å². The van der Waals surface area contributed by atoms with E-state index in [1.807, 2.05) is 12.1 Å². The number of carbonyl (C=O) groups excluding carboxylic acids is 1. The normalized spacial score (nSPS) is 15.9. The Bertz CT molecular complexity index is 450. The molecule has 0 heterocycles. The first-order valence-electron chi connectivity index (χ1n) is 7.64. The molecule has 1 aromatic carbocycles. The molecule has 1 N–H and O–H groups in total. The van der Waals surface area contributed by atoms with E-state index in [0.29, 0.717) is 13.2 Å². The molecule has 0 spiro atoms. The summed E-state index contributed by atoms with van der Waals surface area (Å²) in [6, 6.07) is 6.08. The maximum atomic E-state index is 11.9. The van der Waals surface area contributed by atoms with E-state index in [9.17, 15) is 4.79 Å². The third kappa shape index (κ3) is 4.26. The molecule has 0 atom stereocenters. The maximum absolute atomic E-state index is 11.9. The van der Waals surface area contributed by atoms with Crippen molar-refractivity contribution in [3.63, 3.8) is 0 Å². The van der Waals surface area contributed by atoms with E-state index in [0.717, 1.165) is 18.6 Å². The molecule has 1 amide bonds. The Labute approximate surface area is 121 Å². The lowest BCUT2D eigenvalue weighted by Gasteiger charge is -2.20. The fourth-order valence-electron chi connectivity index (χ4n) is 2.66. The van der Waals surface area contributed by atoms with Gasteiger partial charge in [-0.15, -0.1) is 0 Å². The van der Waals surface area contributed by atoms with E-state index < -0.39 is 0 Å². The molecular weight excluding hydrogens is 250 g/mol. The Hall–Kier alpha value is -1.51. The maximum Gasteiger partial charge on any atom is 0.223 e. The smallest absolute Gasteiger partial charge is 0.223 e. The lowest BCUT2D eigenvalue weighted by atomic mass is 9.89. The van der Waals surface area contributed by atoms with Gasteiger partial charge in [0.15, 0.2) is 0 Å². The Morgan fingerprint density at radius 1 is 1.20 bits per heavy atom. The van der Waals surface area contributed by atoms with Gasteiger partial charge in [-0.2, -0.15) is 0 Å². The molecule has 0 aliphatic heterocycles. The Morgan fingerprint density at radius 2 is 1.95 bits per heavy atom. The van der Waals surface area contributed by atoms with Crippen LogP contribution in [0.2, 0.25) is 0 Å². The highest BCUT2D eigenvalue weighted by atomic mass is 16.5. The van der Waals surface area contributed by atoms with Crippen LogP contribution in [-0.4, -0.2) is 19.1 Å². The summed E-state index contributed by atoms with van der Waals surface area (Å²) >= 11 is 0. The first-order valence-corrected chi connectivity index (χ1v) is 7.64. The highest BCUT2D eigenvalue weighted by molar-refractivity contribution is 5.78. The molecule has 3 heteroatoms. The fraction of sp³-hybridized carbons (Fsp3) is 0.588. The number of benzene rings is 1. The second-order valence-electron chi connectivity index (χ2n) is 5.72. The van der Waals surface area contributed by atoms with Crippen LogP contribution >= 0.6 is 0 Å². The number of ether oxygens (including phenoxy) is 1. The highest BCUT2D eigenvalue weighted by Crippen LogP contribution is 2.23. The summed E-state index contributed by atoms with van der Waals surface area (Å²) < 4.78 is 5.66. The van der Waals surface area contributed by atoms with E-state index in [2.05, 4.69) is 25.2 Å². The number of aryl methyl sites for hydroxylation is 2. The van der Waals surface area contributed by atoms with E-state index in [1.165, 1.54) is 30.4 Å². The molecule has 110 valence electrons. The van der Waals surface area contributed by atoms with Crippen molar-refractivity contribution in [3.8, 4) is 5.75 Å². The van der Waals surface area contributed by atoms with Gasteiger partial charge in [0.2, 0.25) is 5.91 Å². The zero-order chi connectivity index (χ0) is 14.4. The van der Waals surface area contributed by atoms with Crippen molar-refractivity contribution < 1.29 is 9.53 Å². The highest BCUT2D eigenvalue weighted by Gasteiger charge is 2.20. The predicted octanol–water partition coefficient (Wildman–Crippen LogP) is 3.38. The van der Waals surface area contributed by atoms with Crippen molar-refractivity contribution in [2.75, 3.05) is 13.2 Å². The van der Waals surface area contributed by atoms with Crippen molar-refractivity contribution >= 4 is 5.91 Å². The number of hydrogen-bond donors (Lipinski definition) is 1. The predicted molar refractivity (Wildman–Crippen MR) is 81.0 cm³/mol. The lowest BCUT2D eigenvalue weighted by Crippen LogP contribution is -2.34. The van der Waals surface area contributed by atoms with Crippen LogP contribution in [0.5, 0.6) is 5.75 Å². The second kappa shape index (κ2) is 7.32. The van der Waals surface area contributed by atoms with Crippen LogP contribution in [0, 0.1) is 19.8 Å². The summed E-state index contributed by atoms with van der Waals surface area (Å²) in [4.78, 5) is 11.9. The number of nitrogens with one attached hydrogen (secondary N) is 1. The summed E-state index contributed by atoms with van der Waals surface area (Å²) in [5.74, 6) is 1.30. The standard InChI is InChI=1S/C17H25NO2/c1-13-8-9-16(12-14(13)2)20-11-10-18-17(19)15-6-4-3-5-7-15/h8-9,12,15H,3-7,10-11H2,1-2H3,(H,18,19). The average Bonchev–Trinajstić information content (AvgIpc) is 2.48. The molecule has 0 bridgehead atoms. The topological polar surface area (TPSA) is 38.3 Å². The zero-order valence-electron chi connectivity index (χ0n) is 12.6. The second-order valence-corrected chi connectivity index (χ2v) is 5.72. The molecular formula is C17H25NO2. The molecule has 20 heavy (non-hydrogen) atoms. The van der Waals surface area contributed by atoms with Crippen molar-refractivity contribution in [2.45, 2.75) is 46.0 Å². The van der Waals surface area contributed by atoms with Crippen molar-refractivity contribution in [3.05, 3.63) is 29.3 Å². The van der Waals surface area contributed by atoms with Gasteiger partial charge in [0.1, 0.15) is 12.4 Å². The van der Waals surface area contributed by atoms with Gasteiger partial charge < -0.3 is 10.1 Å². The minimum Gasteiger partial charge on any atom is -0.492 e. The average molecular weight is 275 g/mol. The summed E-state index contributed by atoms with van der Waals surface area (Å²) in [5.41, 5.74) is 2.50. The number of rotatable bonds is 5. The van der Waals surface area contributed by atoms with Gasteiger partial charge in [-0.3, -0.25) is 4.79 Å². The number of carbonyl (C=O) groups is 1. The van der Waals surface area contributed by atoms with Crippen LogP contribution in [0.3, 0.4) is 0 Å². The summed E-state index contributed by atoms with van der Waals surface area (Å²) in [5, 5.41) is 2.98. The molecule has 1 aliphatic carbocycles. The van der Waals surface area contributed by atoms with Gasteiger partial charge in [0.05, 0.1) is 6.54 Å². The van der Waals surface area contributed by atoms with Crippen molar-refractivity contribution in [1.29, 1.82) is 0 Å². The molecule has 3 nitrogen and oxygen atoms in total. The fourth-order valence-corrected chi connectivity index (χ4v) is 2.66. The largest absolute Gasteiger partial charge is 0.492 e. The van der Waals surface area contributed by atoms with Gasteiger partial charge in [-0.1, -0.05) is 25.3 Å². The van der Waals surface area contributed by atoms with E-state index in [-0.39, 0.29) is 11.8 Å². The molecule has 1 aromatic rings. The Morgan fingerprint density at radius 3 is 2.65 bits per heavy atom. The van der Waals surface area contributed by atoms with E-state index in [4.69, 9.17) is 4.74 Å². The molecule has 1 aliphatic rings. The zero-order valence-corrected chi connectivity index (χ0v) is 12.6. The first kappa shape index (κ1) is 14.9. The van der Waals surface area contributed by atoms with E-state index >= 15 is 0 Å². The Balaban J connectivity index is 1.68. The van der Waals surface area contributed by atoms with Crippen molar-refractivity contribution in [1.82, 2.24) is 5.32 Å². The third-order valence-corrected chi connectivity index (χ3v) is 4.12. The lowest BCUT2D eigenvalue weighted by molar-refractivity contribution is -0.126. The van der Waals surface area contributed by atoms with Crippen LogP contribution < -0.4 is 10.1 Å². The van der Waals surface area contributed by atoms with Crippen LogP contribution in [-0.2, 0) is 4.79 Å². The van der Waals surface area contributed by atoms with Gasteiger partial charge in [-0.25, -0.2) is 0 Å². The molecule has 0 radical (unpaired) electrons. The van der Waals surface area contributed by atoms with Gasteiger partial charge >= 0.3 is 0 Å². The summed E-state index contributed by atoms with van der Waals surface area (Å²) in [7, 11) is 0. The van der Waals surface area contributed by atoms with E-state index in [1.54, 1.807) is 0 Å². The van der Waals surface area contributed by atoms with Crippen LogP contribution in [0.15, 0.2) is 18.2 Å². The van der Waals surface area contributed by atoms with Crippen molar-refractivity contribution in [2.24, 2.45) is 5.92 Å². The molecule has 1 saturated carbocycles. The molecule has 0 aromatic heterocycles. The van der Waals surface area contributed by atoms with Gasteiger partial charge in [0, 0.05) is 5.92 Å². The third-order valence-electron chi connectivity index (χ3n) is 4.12. The minimum absolute atomic E-state index is 0.202.